The number of nitrogens with zero attached hydrogens (tertiary/aromatic N) is 3. The predicted molar refractivity (Wildman–Crippen MR) is 75.5 cm³/mol. The summed E-state index contributed by atoms with van der Waals surface area (Å²) in [5.41, 5.74) is 6.90. The fourth-order valence-corrected chi connectivity index (χ4v) is 1.80. The van der Waals surface area contributed by atoms with Crippen molar-refractivity contribution >= 4 is 0 Å². The second-order valence-electron chi connectivity index (χ2n) is 4.22. The Balaban J connectivity index is 2.33. The van der Waals surface area contributed by atoms with Gasteiger partial charge in [-0.15, -0.1) is 0 Å². The molecule has 6 nitrogen and oxygen atoms in total. The molecule has 0 saturated heterocycles. The minimum atomic E-state index is -0.157. The van der Waals surface area contributed by atoms with Crippen molar-refractivity contribution in [3.8, 4) is 17.6 Å². The van der Waals surface area contributed by atoms with E-state index in [9.17, 15) is 4.79 Å². The molecular weight excluding hydrogens is 256 g/mol. The van der Waals surface area contributed by atoms with Gasteiger partial charge in [0, 0.05) is 7.05 Å². The van der Waals surface area contributed by atoms with Crippen molar-refractivity contribution < 1.29 is 4.74 Å². The van der Waals surface area contributed by atoms with Gasteiger partial charge in [-0.1, -0.05) is 17.9 Å². The van der Waals surface area contributed by atoms with Gasteiger partial charge in [0.25, 0.3) is 0 Å². The van der Waals surface area contributed by atoms with Crippen molar-refractivity contribution in [3.05, 3.63) is 46.1 Å². The van der Waals surface area contributed by atoms with Crippen LogP contribution in [0.5, 0.6) is 5.75 Å². The maximum absolute atomic E-state index is 11.7. The molecule has 0 spiro atoms. The van der Waals surface area contributed by atoms with E-state index in [-0.39, 0.29) is 12.2 Å². The molecule has 104 valence electrons. The third-order valence-corrected chi connectivity index (χ3v) is 2.81. The van der Waals surface area contributed by atoms with Crippen molar-refractivity contribution in [2.45, 2.75) is 6.54 Å². The van der Waals surface area contributed by atoms with Crippen LogP contribution in [0.25, 0.3) is 0 Å². The summed E-state index contributed by atoms with van der Waals surface area (Å²) in [4.78, 5) is 11.7. The van der Waals surface area contributed by atoms with Crippen LogP contribution in [0.2, 0.25) is 0 Å². The summed E-state index contributed by atoms with van der Waals surface area (Å²) >= 11 is 0. The van der Waals surface area contributed by atoms with E-state index < -0.39 is 0 Å². The molecule has 0 radical (unpaired) electrons. The average molecular weight is 272 g/mol. The highest BCUT2D eigenvalue weighted by Gasteiger charge is 2.06. The molecular formula is C14H16N4O2. The number of hydrogen-bond donors (Lipinski definition) is 1. The van der Waals surface area contributed by atoms with Crippen LogP contribution in [0.15, 0.2) is 29.3 Å². The lowest BCUT2D eigenvalue weighted by Gasteiger charge is -2.06. The fourth-order valence-electron chi connectivity index (χ4n) is 1.80. The van der Waals surface area contributed by atoms with Gasteiger partial charge in [-0.2, -0.15) is 5.10 Å². The number of nitrogens with two attached hydrogens (primary N) is 1. The molecule has 20 heavy (non-hydrogen) atoms. The van der Waals surface area contributed by atoms with Gasteiger partial charge in [-0.05, 0) is 17.7 Å². The molecule has 1 aromatic carbocycles. The largest absolute Gasteiger partial charge is 0.495 e. The van der Waals surface area contributed by atoms with Crippen molar-refractivity contribution in [2.75, 3.05) is 13.7 Å². The number of aromatic nitrogens is 3. The van der Waals surface area contributed by atoms with Gasteiger partial charge < -0.3 is 10.5 Å². The monoisotopic (exact) mass is 272 g/mol. The molecule has 2 N–H and O–H groups in total. The lowest BCUT2D eigenvalue weighted by Crippen LogP contribution is -2.23. The standard InChI is InChI=1S/C14H16N4O2/c1-17-10-16-18(14(17)19)9-11-5-6-13(20-2)12(8-11)4-3-7-15/h5-6,8,10H,7,9,15H2,1-2H3. The zero-order valence-corrected chi connectivity index (χ0v) is 11.5. The Morgan fingerprint density at radius 3 is 2.85 bits per heavy atom. The van der Waals surface area contributed by atoms with E-state index in [1.54, 1.807) is 14.2 Å². The van der Waals surface area contributed by atoms with Gasteiger partial charge in [0.2, 0.25) is 0 Å². The highest BCUT2D eigenvalue weighted by atomic mass is 16.5. The number of aryl methyl sites for hydroxylation is 1. The Labute approximate surface area is 116 Å². The molecule has 0 amide bonds. The molecule has 1 heterocycles. The molecule has 0 aliphatic rings. The fraction of sp³-hybridized carbons (Fsp3) is 0.286. The Bertz CT molecular complexity index is 719. The number of rotatable bonds is 3. The summed E-state index contributed by atoms with van der Waals surface area (Å²) in [6.45, 7) is 0.675. The van der Waals surface area contributed by atoms with Crippen LogP contribution in [0.4, 0.5) is 0 Å². The predicted octanol–water partition coefficient (Wildman–Crippen LogP) is -0.0511. The Morgan fingerprint density at radius 2 is 2.25 bits per heavy atom. The van der Waals surface area contributed by atoms with Gasteiger partial charge in [-0.25, -0.2) is 9.48 Å². The van der Waals surface area contributed by atoms with Crippen LogP contribution in [0.3, 0.4) is 0 Å². The number of benzene rings is 1. The van der Waals surface area contributed by atoms with E-state index in [1.807, 2.05) is 18.2 Å². The zero-order valence-electron chi connectivity index (χ0n) is 11.5. The number of ether oxygens (including phenoxy) is 1. The molecule has 2 aromatic rings. The van der Waals surface area contributed by atoms with Gasteiger partial charge in [-0.3, -0.25) is 4.57 Å². The Kier molecular flexibility index (Phi) is 4.23. The first-order valence-electron chi connectivity index (χ1n) is 6.10. The summed E-state index contributed by atoms with van der Waals surface area (Å²) < 4.78 is 8.06. The first kappa shape index (κ1) is 13.9. The van der Waals surface area contributed by atoms with Gasteiger partial charge in [0.15, 0.2) is 0 Å². The summed E-state index contributed by atoms with van der Waals surface area (Å²) in [6, 6.07) is 5.58. The van der Waals surface area contributed by atoms with Crippen LogP contribution < -0.4 is 16.2 Å². The van der Waals surface area contributed by atoms with Crippen LogP contribution >= 0.6 is 0 Å². The number of methoxy groups -OCH3 is 1. The minimum Gasteiger partial charge on any atom is -0.495 e. The second kappa shape index (κ2) is 6.08. The van der Waals surface area contributed by atoms with Crippen molar-refractivity contribution in [3.63, 3.8) is 0 Å². The summed E-state index contributed by atoms with van der Waals surface area (Å²) in [6.07, 6.45) is 1.49. The van der Waals surface area contributed by atoms with Gasteiger partial charge in [0.05, 0.1) is 25.8 Å². The van der Waals surface area contributed by atoms with Crippen LogP contribution in [0, 0.1) is 11.8 Å². The lowest BCUT2D eigenvalue weighted by atomic mass is 10.1. The molecule has 0 saturated carbocycles. The quantitative estimate of drug-likeness (QED) is 0.795. The SMILES string of the molecule is COc1ccc(Cn2ncn(C)c2=O)cc1C#CCN. The number of hydrogen-bond acceptors (Lipinski definition) is 4. The maximum atomic E-state index is 11.7. The first-order chi connectivity index (χ1) is 9.65. The minimum absolute atomic E-state index is 0.157. The normalized spacial score (nSPS) is 9.95. The molecule has 0 atom stereocenters. The Morgan fingerprint density at radius 1 is 1.45 bits per heavy atom. The average Bonchev–Trinajstić information content (AvgIpc) is 2.77. The summed E-state index contributed by atoms with van der Waals surface area (Å²) in [5.74, 6) is 6.44. The van der Waals surface area contributed by atoms with Crippen LogP contribution in [0.1, 0.15) is 11.1 Å². The highest BCUT2D eigenvalue weighted by molar-refractivity contribution is 5.48. The van der Waals surface area contributed by atoms with E-state index in [0.717, 1.165) is 11.1 Å². The second-order valence-corrected chi connectivity index (χ2v) is 4.22. The third kappa shape index (κ3) is 2.90. The Hall–Kier alpha value is -2.52. The molecule has 6 heteroatoms. The van der Waals surface area contributed by atoms with Crippen LogP contribution in [-0.2, 0) is 13.6 Å². The molecule has 0 fully saturated rings. The van der Waals surface area contributed by atoms with Gasteiger partial charge >= 0.3 is 5.69 Å². The van der Waals surface area contributed by atoms with E-state index in [0.29, 0.717) is 12.3 Å². The third-order valence-electron chi connectivity index (χ3n) is 2.81. The maximum Gasteiger partial charge on any atom is 0.345 e. The lowest BCUT2D eigenvalue weighted by molar-refractivity contribution is 0.413. The molecule has 0 aliphatic heterocycles. The topological polar surface area (TPSA) is 75.1 Å². The summed E-state index contributed by atoms with van der Waals surface area (Å²) in [5, 5.41) is 4.02. The van der Waals surface area contributed by atoms with Crippen molar-refractivity contribution in [1.29, 1.82) is 0 Å². The molecule has 1 aromatic heterocycles. The molecule has 0 unspecified atom stereocenters. The van der Waals surface area contributed by atoms with E-state index in [4.69, 9.17) is 10.5 Å². The first-order valence-corrected chi connectivity index (χ1v) is 6.10. The molecule has 0 bridgehead atoms. The van der Waals surface area contributed by atoms with E-state index in [2.05, 4.69) is 16.9 Å². The van der Waals surface area contributed by atoms with E-state index >= 15 is 0 Å². The smallest absolute Gasteiger partial charge is 0.345 e. The van der Waals surface area contributed by atoms with Crippen molar-refractivity contribution in [2.24, 2.45) is 12.8 Å². The molecule has 2 rings (SSSR count). The van der Waals surface area contributed by atoms with Crippen molar-refractivity contribution in [1.82, 2.24) is 14.3 Å². The zero-order chi connectivity index (χ0) is 14.5. The van der Waals surface area contributed by atoms with E-state index in [1.165, 1.54) is 15.6 Å². The molecule has 0 aliphatic carbocycles. The highest BCUT2D eigenvalue weighted by Crippen LogP contribution is 2.19. The van der Waals surface area contributed by atoms with Crippen LogP contribution in [-0.4, -0.2) is 28.0 Å². The summed E-state index contributed by atoms with van der Waals surface area (Å²) in [7, 11) is 3.25. The van der Waals surface area contributed by atoms with Gasteiger partial charge in [0.1, 0.15) is 12.1 Å².